The summed E-state index contributed by atoms with van der Waals surface area (Å²) in [5.41, 5.74) is -1.01. The van der Waals surface area contributed by atoms with Crippen molar-refractivity contribution in [1.82, 2.24) is 9.78 Å². The van der Waals surface area contributed by atoms with Gasteiger partial charge in [0.25, 0.3) is 5.60 Å². The number of aliphatic hydroxyl groups is 1. The Balaban J connectivity index is 3.12. The lowest BCUT2D eigenvalue weighted by Gasteiger charge is -2.31. The van der Waals surface area contributed by atoms with E-state index >= 15 is 0 Å². The highest BCUT2D eigenvalue weighted by molar-refractivity contribution is 5.73. The molecule has 0 unspecified atom stereocenters. The zero-order chi connectivity index (χ0) is 15.1. The molecule has 108 valence electrons. The summed E-state index contributed by atoms with van der Waals surface area (Å²) in [5, 5.41) is 12.0. The van der Waals surface area contributed by atoms with E-state index in [2.05, 4.69) is 5.10 Å². The van der Waals surface area contributed by atoms with Gasteiger partial charge in [-0.1, -0.05) is 0 Å². The zero-order valence-electron chi connectivity index (χ0n) is 8.96. The van der Waals surface area contributed by atoms with Crippen molar-refractivity contribution < 1.29 is 36.2 Å². The Bertz CT molecular complexity index is 464. The lowest BCUT2D eigenvalue weighted by Crippen LogP contribution is -2.58. The highest BCUT2D eigenvalue weighted by atomic mass is 19.4. The molecule has 1 amide bonds. The number of carbonyl (C=O) groups is 1. The summed E-state index contributed by atoms with van der Waals surface area (Å²) >= 11 is 0. The van der Waals surface area contributed by atoms with Crippen molar-refractivity contribution in [3.05, 3.63) is 18.0 Å². The Kier molecular flexibility index (Phi) is 3.54. The molecule has 0 aromatic carbocycles. The van der Waals surface area contributed by atoms with Gasteiger partial charge in [-0.2, -0.15) is 36.1 Å². The van der Waals surface area contributed by atoms with Gasteiger partial charge in [0.1, 0.15) is 0 Å². The molecule has 1 aromatic heterocycles. The molecule has 1 rings (SSSR count). The van der Waals surface area contributed by atoms with Crippen molar-refractivity contribution in [2.45, 2.75) is 24.4 Å². The molecule has 0 fully saturated rings. The molecule has 0 radical (unpaired) electrons. The van der Waals surface area contributed by atoms with Crippen LogP contribution in [0.3, 0.4) is 0 Å². The first-order chi connectivity index (χ1) is 8.38. The average Bonchev–Trinajstić information content (AvgIpc) is 2.62. The minimum absolute atomic E-state index is 0.350. The van der Waals surface area contributed by atoms with Gasteiger partial charge >= 0.3 is 18.4 Å². The van der Waals surface area contributed by atoms with Gasteiger partial charge in [0, 0.05) is 12.6 Å². The Morgan fingerprint density at radius 1 is 1.26 bits per heavy atom. The van der Waals surface area contributed by atoms with Crippen LogP contribution in [0, 0.1) is 0 Å². The van der Waals surface area contributed by atoms with Crippen LogP contribution in [0.4, 0.5) is 31.1 Å². The predicted octanol–water partition coefficient (Wildman–Crippen LogP) is 1.21. The molecule has 1 aromatic rings. The number of primary amides is 1. The number of halogens is 6. The number of alkyl halides is 6. The largest absolute Gasteiger partial charge is 0.426 e. The van der Waals surface area contributed by atoms with Crippen LogP contribution in [-0.2, 0) is 6.42 Å². The minimum atomic E-state index is -5.94. The first-order valence-electron chi connectivity index (χ1n) is 4.58. The van der Waals surface area contributed by atoms with Crippen LogP contribution in [0.1, 0.15) is 5.69 Å². The topological polar surface area (TPSA) is 81.1 Å². The van der Waals surface area contributed by atoms with Crippen LogP contribution in [0.25, 0.3) is 0 Å². The van der Waals surface area contributed by atoms with Crippen molar-refractivity contribution in [1.29, 1.82) is 0 Å². The van der Waals surface area contributed by atoms with Crippen LogP contribution in [0.15, 0.2) is 12.3 Å². The molecule has 1 heterocycles. The fourth-order valence-corrected chi connectivity index (χ4v) is 1.20. The monoisotopic (exact) mass is 291 g/mol. The van der Waals surface area contributed by atoms with Crippen LogP contribution in [0.5, 0.6) is 0 Å². The molecule has 0 bridgehead atoms. The summed E-state index contributed by atoms with van der Waals surface area (Å²) < 4.78 is 74.5. The molecular formula is C8H7F6N3O2. The fraction of sp³-hybridized carbons (Fsp3) is 0.500. The standard InChI is InChI=1S/C8H7F6N3O2/c9-7(10,11)6(19,8(12,13)14)3-4-1-2-17(16-4)5(15)18/h1-2,19H,3H2,(H2,15,18). The van der Waals surface area contributed by atoms with E-state index in [9.17, 15) is 31.1 Å². The predicted molar refractivity (Wildman–Crippen MR) is 48.0 cm³/mol. The average molecular weight is 291 g/mol. The van der Waals surface area contributed by atoms with Crippen LogP contribution in [-0.4, -0.2) is 38.9 Å². The van der Waals surface area contributed by atoms with E-state index < -0.39 is 36.1 Å². The number of aromatic nitrogens is 2. The molecule has 3 N–H and O–H groups in total. The Morgan fingerprint density at radius 2 is 1.74 bits per heavy atom. The first kappa shape index (κ1) is 15.3. The number of nitrogens with zero attached hydrogens (tertiary/aromatic N) is 2. The third kappa shape index (κ3) is 2.80. The second-order valence-electron chi connectivity index (χ2n) is 3.62. The Hall–Kier alpha value is -1.78. The molecule has 0 spiro atoms. The van der Waals surface area contributed by atoms with Gasteiger partial charge in [-0.25, -0.2) is 4.79 Å². The summed E-state index contributed by atoms with van der Waals surface area (Å²) in [4.78, 5) is 10.6. The van der Waals surface area contributed by atoms with E-state index in [0.29, 0.717) is 10.7 Å². The molecule has 0 saturated heterocycles. The van der Waals surface area contributed by atoms with E-state index in [4.69, 9.17) is 10.8 Å². The third-order valence-electron chi connectivity index (χ3n) is 2.24. The summed E-state index contributed by atoms with van der Waals surface area (Å²) in [7, 11) is 0. The van der Waals surface area contributed by atoms with E-state index in [0.717, 1.165) is 6.20 Å². The number of carbonyl (C=O) groups excluding carboxylic acids is 1. The van der Waals surface area contributed by atoms with Crippen molar-refractivity contribution in [2.75, 3.05) is 0 Å². The second-order valence-corrected chi connectivity index (χ2v) is 3.62. The van der Waals surface area contributed by atoms with Gasteiger partial charge in [-0.3, -0.25) is 0 Å². The van der Waals surface area contributed by atoms with Crippen molar-refractivity contribution >= 4 is 6.03 Å². The maximum absolute atomic E-state index is 12.4. The van der Waals surface area contributed by atoms with Gasteiger partial charge in [0.05, 0.1) is 5.69 Å². The molecule has 11 heteroatoms. The van der Waals surface area contributed by atoms with Crippen LogP contribution in [0.2, 0.25) is 0 Å². The molecule has 19 heavy (non-hydrogen) atoms. The molecule has 0 saturated carbocycles. The Labute approximate surface area is 101 Å². The number of amides is 1. The van der Waals surface area contributed by atoms with Gasteiger partial charge < -0.3 is 10.8 Å². The lowest BCUT2D eigenvalue weighted by atomic mass is 9.96. The maximum atomic E-state index is 12.4. The normalized spacial score (nSPS) is 13.6. The molecule has 5 nitrogen and oxygen atoms in total. The molecule has 0 aliphatic carbocycles. The fourth-order valence-electron chi connectivity index (χ4n) is 1.20. The van der Waals surface area contributed by atoms with Crippen molar-refractivity contribution in [3.63, 3.8) is 0 Å². The van der Waals surface area contributed by atoms with E-state index in [-0.39, 0.29) is 0 Å². The van der Waals surface area contributed by atoms with Gasteiger partial charge in [0.15, 0.2) is 0 Å². The number of hydrogen-bond acceptors (Lipinski definition) is 3. The number of rotatable bonds is 2. The van der Waals surface area contributed by atoms with Crippen LogP contribution < -0.4 is 5.73 Å². The molecule has 0 aliphatic rings. The van der Waals surface area contributed by atoms with Gasteiger partial charge in [0.2, 0.25) is 0 Å². The van der Waals surface area contributed by atoms with E-state index in [1.54, 1.807) is 0 Å². The SMILES string of the molecule is NC(=O)n1ccc(CC(O)(C(F)(F)F)C(F)(F)F)n1. The second kappa shape index (κ2) is 4.40. The summed E-state index contributed by atoms with van der Waals surface area (Å²) in [6, 6.07) is -0.471. The third-order valence-corrected chi connectivity index (χ3v) is 2.24. The highest BCUT2D eigenvalue weighted by Gasteiger charge is 2.70. The van der Waals surface area contributed by atoms with E-state index in [1.807, 2.05) is 0 Å². The Morgan fingerprint density at radius 3 is 2.05 bits per heavy atom. The van der Waals surface area contributed by atoms with Crippen LogP contribution >= 0.6 is 0 Å². The first-order valence-corrected chi connectivity index (χ1v) is 4.58. The van der Waals surface area contributed by atoms with E-state index in [1.165, 1.54) is 0 Å². The summed E-state index contributed by atoms with van der Waals surface area (Å²) in [6.45, 7) is 0. The summed E-state index contributed by atoms with van der Waals surface area (Å²) in [6.07, 6.45) is -13.0. The number of nitrogens with two attached hydrogens (primary N) is 1. The minimum Gasteiger partial charge on any atom is -0.373 e. The molecule has 0 aliphatic heterocycles. The highest BCUT2D eigenvalue weighted by Crippen LogP contribution is 2.44. The zero-order valence-corrected chi connectivity index (χ0v) is 8.96. The smallest absolute Gasteiger partial charge is 0.373 e. The maximum Gasteiger partial charge on any atom is 0.426 e. The molecular weight excluding hydrogens is 284 g/mol. The number of hydrogen-bond donors (Lipinski definition) is 2. The lowest BCUT2D eigenvalue weighted by molar-refractivity contribution is -0.367. The molecule has 0 atom stereocenters. The van der Waals surface area contributed by atoms with Gasteiger partial charge in [-0.05, 0) is 6.07 Å². The quantitative estimate of drug-likeness (QED) is 0.804. The summed E-state index contributed by atoms with van der Waals surface area (Å²) in [5.74, 6) is 0. The van der Waals surface area contributed by atoms with Gasteiger partial charge in [-0.15, -0.1) is 0 Å². The van der Waals surface area contributed by atoms with Crippen molar-refractivity contribution in [2.24, 2.45) is 5.73 Å². The van der Waals surface area contributed by atoms with Crippen molar-refractivity contribution in [3.8, 4) is 0 Å².